The van der Waals surface area contributed by atoms with Crippen LogP contribution in [0, 0.1) is 5.92 Å². The lowest BCUT2D eigenvalue weighted by Crippen LogP contribution is -2.48. The topological polar surface area (TPSA) is 40.5 Å². The first kappa shape index (κ1) is 13.1. The van der Waals surface area contributed by atoms with Crippen LogP contribution in [-0.2, 0) is 4.79 Å². The third-order valence-electron chi connectivity index (χ3n) is 4.85. The van der Waals surface area contributed by atoms with Gasteiger partial charge in [0.1, 0.15) is 0 Å². The maximum atomic E-state index is 11.7. The Hall–Kier alpha value is -0.870. The summed E-state index contributed by atoms with van der Waals surface area (Å²) in [6.07, 6.45) is 3.12. The highest BCUT2D eigenvalue weighted by atomic mass is 79.9. The molecule has 2 bridgehead atoms. The van der Waals surface area contributed by atoms with Crippen LogP contribution in [0.2, 0.25) is 0 Å². The van der Waals surface area contributed by atoms with E-state index in [4.69, 9.17) is 0 Å². The number of carbonyl (C=O) groups is 1. The van der Waals surface area contributed by atoms with Gasteiger partial charge in [0.15, 0.2) is 0 Å². The van der Waals surface area contributed by atoms with E-state index in [0.29, 0.717) is 6.04 Å². The number of nitrogens with zero attached hydrogens (tertiary/aromatic N) is 1. The zero-order chi connectivity index (χ0) is 13.6. The van der Waals surface area contributed by atoms with Crippen molar-refractivity contribution in [2.45, 2.75) is 37.3 Å². The van der Waals surface area contributed by atoms with Gasteiger partial charge in [-0.2, -0.15) is 0 Å². The van der Waals surface area contributed by atoms with Crippen molar-refractivity contribution >= 4 is 21.9 Å². The van der Waals surface area contributed by atoms with Gasteiger partial charge in [-0.05, 0) is 44.0 Å². The summed E-state index contributed by atoms with van der Waals surface area (Å²) < 4.78 is 1.04. The molecule has 1 aromatic rings. The second-order valence-corrected chi connectivity index (χ2v) is 6.64. The summed E-state index contributed by atoms with van der Waals surface area (Å²) >= 11 is 3.43. The predicted octanol–water partition coefficient (Wildman–Crippen LogP) is 3.10. The maximum Gasteiger partial charge on any atom is 0.308 e. The standard InChI is InChI=1S/C15H18BrNO2/c1-17-11-6-7-13(17)14(15(18)19)12(8-11)9-2-4-10(16)5-3-9/h2-5,11-14H,6-8H2,1H3,(H,18,19)/t11-,12-,13?,14?/m1/s1. The highest BCUT2D eigenvalue weighted by molar-refractivity contribution is 9.10. The summed E-state index contributed by atoms with van der Waals surface area (Å²) in [5, 5.41) is 9.63. The average molecular weight is 324 g/mol. The van der Waals surface area contributed by atoms with Gasteiger partial charge in [-0.3, -0.25) is 9.69 Å². The van der Waals surface area contributed by atoms with Crippen LogP contribution in [0.5, 0.6) is 0 Å². The molecule has 2 heterocycles. The van der Waals surface area contributed by atoms with Crippen LogP contribution in [0.25, 0.3) is 0 Å². The smallest absolute Gasteiger partial charge is 0.308 e. The summed E-state index contributed by atoms with van der Waals surface area (Å²) in [4.78, 5) is 14.0. The van der Waals surface area contributed by atoms with Gasteiger partial charge in [0, 0.05) is 22.5 Å². The minimum atomic E-state index is -0.648. The normalized spacial score (nSPS) is 34.4. The Kier molecular flexibility index (Phi) is 3.39. The monoisotopic (exact) mass is 323 g/mol. The highest BCUT2D eigenvalue weighted by Gasteiger charge is 2.49. The molecule has 0 aliphatic carbocycles. The maximum absolute atomic E-state index is 11.7. The highest BCUT2D eigenvalue weighted by Crippen LogP contribution is 2.46. The molecule has 0 saturated carbocycles. The fraction of sp³-hybridized carbons (Fsp3) is 0.533. The van der Waals surface area contributed by atoms with E-state index in [1.807, 2.05) is 12.1 Å². The van der Waals surface area contributed by atoms with Gasteiger partial charge < -0.3 is 5.11 Å². The largest absolute Gasteiger partial charge is 0.481 e. The Morgan fingerprint density at radius 1 is 1.32 bits per heavy atom. The molecular formula is C15H18BrNO2. The molecule has 0 amide bonds. The van der Waals surface area contributed by atoms with E-state index in [1.54, 1.807) is 0 Å². The van der Waals surface area contributed by atoms with Crippen molar-refractivity contribution in [3.63, 3.8) is 0 Å². The van der Waals surface area contributed by atoms with Crippen LogP contribution in [0.4, 0.5) is 0 Å². The van der Waals surface area contributed by atoms with Crippen LogP contribution in [0.1, 0.15) is 30.7 Å². The zero-order valence-electron chi connectivity index (χ0n) is 10.9. The first-order chi connectivity index (χ1) is 9.08. The van der Waals surface area contributed by atoms with Crippen molar-refractivity contribution in [1.29, 1.82) is 0 Å². The molecule has 2 fully saturated rings. The third-order valence-corrected chi connectivity index (χ3v) is 5.38. The fourth-order valence-corrected chi connectivity index (χ4v) is 4.12. The minimum Gasteiger partial charge on any atom is -0.481 e. The molecule has 4 heteroatoms. The van der Waals surface area contributed by atoms with Gasteiger partial charge in [-0.1, -0.05) is 28.1 Å². The van der Waals surface area contributed by atoms with Crippen LogP contribution in [0.15, 0.2) is 28.7 Å². The molecule has 0 aromatic heterocycles. The van der Waals surface area contributed by atoms with Crippen LogP contribution < -0.4 is 0 Å². The molecule has 2 unspecified atom stereocenters. The second kappa shape index (κ2) is 4.91. The van der Waals surface area contributed by atoms with Crippen molar-refractivity contribution in [1.82, 2.24) is 4.90 Å². The Balaban J connectivity index is 1.95. The summed E-state index contributed by atoms with van der Waals surface area (Å²) in [5.74, 6) is -0.769. The Bertz CT molecular complexity index is 487. The number of carboxylic acids is 1. The van der Waals surface area contributed by atoms with E-state index in [1.165, 1.54) is 5.56 Å². The van der Waals surface area contributed by atoms with Crippen molar-refractivity contribution in [2.24, 2.45) is 5.92 Å². The lowest BCUT2D eigenvalue weighted by Gasteiger charge is -2.41. The van der Waals surface area contributed by atoms with E-state index >= 15 is 0 Å². The summed E-state index contributed by atoms with van der Waals surface area (Å²) in [5.41, 5.74) is 1.17. The van der Waals surface area contributed by atoms with E-state index in [0.717, 1.165) is 23.7 Å². The number of hydrogen-bond donors (Lipinski definition) is 1. The lowest BCUT2D eigenvalue weighted by molar-refractivity contribution is -0.146. The molecule has 2 aliphatic heterocycles. The van der Waals surface area contributed by atoms with Crippen molar-refractivity contribution < 1.29 is 9.90 Å². The number of aliphatic carboxylic acids is 1. The zero-order valence-corrected chi connectivity index (χ0v) is 12.5. The number of rotatable bonds is 2. The quantitative estimate of drug-likeness (QED) is 0.909. The van der Waals surface area contributed by atoms with E-state index < -0.39 is 5.97 Å². The molecular weight excluding hydrogens is 306 g/mol. The van der Waals surface area contributed by atoms with Crippen LogP contribution in [-0.4, -0.2) is 35.1 Å². The van der Waals surface area contributed by atoms with Crippen LogP contribution >= 0.6 is 15.9 Å². The van der Waals surface area contributed by atoms with Gasteiger partial charge >= 0.3 is 5.97 Å². The lowest BCUT2D eigenvalue weighted by atomic mass is 9.76. The van der Waals surface area contributed by atoms with Crippen molar-refractivity contribution in [2.75, 3.05) is 7.05 Å². The number of piperidine rings is 1. The van der Waals surface area contributed by atoms with Gasteiger partial charge in [-0.15, -0.1) is 0 Å². The van der Waals surface area contributed by atoms with Gasteiger partial charge in [0.2, 0.25) is 0 Å². The Morgan fingerprint density at radius 2 is 2.00 bits per heavy atom. The first-order valence-electron chi connectivity index (χ1n) is 6.78. The summed E-state index contributed by atoms with van der Waals surface area (Å²) in [7, 11) is 2.08. The molecule has 3 rings (SSSR count). The average Bonchev–Trinajstić information content (AvgIpc) is 2.63. The van der Waals surface area contributed by atoms with Crippen molar-refractivity contribution in [3.05, 3.63) is 34.3 Å². The molecule has 1 N–H and O–H groups in total. The number of benzene rings is 1. The molecule has 102 valence electrons. The first-order valence-corrected chi connectivity index (χ1v) is 7.57. The van der Waals surface area contributed by atoms with Gasteiger partial charge in [0.25, 0.3) is 0 Å². The molecule has 19 heavy (non-hydrogen) atoms. The molecule has 1 aromatic carbocycles. The number of carboxylic acid groups (broad SMARTS) is 1. The second-order valence-electron chi connectivity index (χ2n) is 5.72. The SMILES string of the molecule is CN1C2CC[C@@H]1C[C@H](c1ccc(Br)cc1)C2C(=O)O. The molecule has 2 aliphatic rings. The van der Waals surface area contributed by atoms with Gasteiger partial charge in [0.05, 0.1) is 5.92 Å². The molecule has 4 atom stereocenters. The fourth-order valence-electron chi connectivity index (χ4n) is 3.86. The van der Waals surface area contributed by atoms with Crippen LogP contribution in [0.3, 0.4) is 0 Å². The Labute approximate surface area is 121 Å². The van der Waals surface area contributed by atoms with Crippen molar-refractivity contribution in [3.8, 4) is 0 Å². The molecule has 2 saturated heterocycles. The van der Waals surface area contributed by atoms with E-state index in [2.05, 4.69) is 40.0 Å². The van der Waals surface area contributed by atoms with E-state index in [9.17, 15) is 9.90 Å². The number of halogens is 1. The van der Waals surface area contributed by atoms with Gasteiger partial charge in [-0.25, -0.2) is 0 Å². The third kappa shape index (κ3) is 2.21. The predicted molar refractivity (Wildman–Crippen MR) is 77.2 cm³/mol. The molecule has 0 spiro atoms. The van der Waals surface area contributed by atoms with E-state index in [-0.39, 0.29) is 17.9 Å². The summed E-state index contributed by atoms with van der Waals surface area (Å²) in [6, 6.07) is 8.90. The number of hydrogen-bond acceptors (Lipinski definition) is 2. The minimum absolute atomic E-state index is 0.152. The summed E-state index contributed by atoms with van der Waals surface area (Å²) in [6.45, 7) is 0. The molecule has 3 nitrogen and oxygen atoms in total. The number of fused-ring (bicyclic) bond motifs is 2. The Morgan fingerprint density at radius 3 is 2.63 bits per heavy atom. The molecule has 0 radical (unpaired) electrons.